The minimum Gasteiger partial charge on any atom is -0.340 e. The van der Waals surface area contributed by atoms with E-state index in [1.165, 1.54) is 4.68 Å². The van der Waals surface area contributed by atoms with E-state index in [1.807, 2.05) is 36.4 Å². The standard InChI is InChI=1S/C18H16BrN3O2/c1-21(11-13-6-8-15(19)9-7-13)17(23)12-22-18(24)16-5-3-2-4-14(16)10-20-22/h2-10H,11-12H2,1H3. The Hall–Kier alpha value is -2.47. The highest BCUT2D eigenvalue weighted by Gasteiger charge is 2.13. The van der Waals surface area contributed by atoms with Crippen LogP contribution in [0.4, 0.5) is 0 Å². The van der Waals surface area contributed by atoms with Crippen molar-refractivity contribution in [3.05, 3.63) is 75.1 Å². The third-order valence-electron chi connectivity index (χ3n) is 3.81. The first-order chi connectivity index (χ1) is 11.5. The van der Waals surface area contributed by atoms with Gasteiger partial charge in [-0.15, -0.1) is 0 Å². The lowest BCUT2D eigenvalue weighted by Gasteiger charge is -2.17. The average molecular weight is 386 g/mol. The summed E-state index contributed by atoms with van der Waals surface area (Å²) in [6.07, 6.45) is 1.61. The second-order valence-corrected chi connectivity index (χ2v) is 6.49. The molecule has 0 atom stereocenters. The Labute approximate surface area is 147 Å². The largest absolute Gasteiger partial charge is 0.340 e. The van der Waals surface area contributed by atoms with Crippen LogP contribution in [0, 0.1) is 0 Å². The molecule has 1 heterocycles. The number of carbonyl (C=O) groups excluding carboxylic acids is 1. The van der Waals surface area contributed by atoms with Gasteiger partial charge in [0.05, 0.1) is 11.6 Å². The Bertz CT molecular complexity index is 935. The number of rotatable bonds is 4. The quantitative estimate of drug-likeness (QED) is 0.693. The molecule has 0 saturated carbocycles. The van der Waals surface area contributed by atoms with Crippen molar-refractivity contribution in [1.29, 1.82) is 0 Å². The number of amides is 1. The Kier molecular flexibility index (Phi) is 4.76. The van der Waals surface area contributed by atoms with E-state index < -0.39 is 0 Å². The van der Waals surface area contributed by atoms with Crippen LogP contribution >= 0.6 is 15.9 Å². The zero-order chi connectivity index (χ0) is 17.1. The third-order valence-corrected chi connectivity index (χ3v) is 4.33. The summed E-state index contributed by atoms with van der Waals surface area (Å²) in [7, 11) is 1.72. The second-order valence-electron chi connectivity index (χ2n) is 5.57. The van der Waals surface area contributed by atoms with Gasteiger partial charge >= 0.3 is 0 Å². The van der Waals surface area contributed by atoms with Crippen molar-refractivity contribution >= 4 is 32.6 Å². The molecule has 0 spiro atoms. The van der Waals surface area contributed by atoms with E-state index in [4.69, 9.17) is 0 Å². The number of carbonyl (C=O) groups is 1. The van der Waals surface area contributed by atoms with E-state index in [9.17, 15) is 9.59 Å². The van der Waals surface area contributed by atoms with Crippen molar-refractivity contribution in [3.8, 4) is 0 Å². The molecule has 0 fully saturated rings. The molecule has 24 heavy (non-hydrogen) atoms. The molecule has 6 heteroatoms. The van der Waals surface area contributed by atoms with Gasteiger partial charge in [0.25, 0.3) is 5.56 Å². The Balaban J connectivity index is 1.75. The van der Waals surface area contributed by atoms with Crippen LogP contribution < -0.4 is 5.56 Å². The maximum atomic E-state index is 12.4. The summed E-state index contributed by atoms with van der Waals surface area (Å²) in [5, 5.41) is 5.44. The normalized spacial score (nSPS) is 10.8. The summed E-state index contributed by atoms with van der Waals surface area (Å²) in [6.45, 7) is 0.408. The Morgan fingerprint density at radius 3 is 2.62 bits per heavy atom. The molecular formula is C18H16BrN3O2. The van der Waals surface area contributed by atoms with E-state index in [-0.39, 0.29) is 18.0 Å². The number of hydrogen-bond acceptors (Lipinski definition) is 3. The molecule has 0 saturated heterocycles. The highest BCUT2D eigenvalue weighted by molar-refractivity contribution is 9.10. The highest BCUT2D eigenvalue weighted by atomic mass is 79.9. The maximum absolute atomic E-state index is 12.4. The molecule has 0 bridgehead atoms. The van der Waals surface area contributed by atoms with E-state index in [2.05, 4.69) is 21.0 Å². The van der Waals surface area contributed by atoms with Crippen molar-refractivity contribution in [1.82, 2.24) is 14.7 Å². The van der Waals surface area contributed by atoms with E-state index in [1.54, 1.807) is 30.3 Å². The first-order valence-corrected chi connectivity index (χ1v) is 8.27. The molecule has 0 aliphatic carbocycles. The van der Waals surface area contributed by atoms with E-state index in [0.29, 0.717) is 11.9 Å². The van der Waals surface area contributed by atoms with Gasteiger partial charge in [0, 0.05) is 23.5 Å². The van der Waals surface area contributed by atoms with Crippen LogP contribution in [0.1, 0.15) is 5.56 Å². The molecule has 0 unspecified atom stereocenters. The van der Waals surface area contributed by atoms with Crippen LogP contribution in [0.3, 0.4) is 0 Å². The molecular weight excluding hydrogens is 370 g/mol. The van der Waals surface area contributed by atoms with Gasteiger partial charge in [0.1, 0.15) is 6.54 Å². The zero-order valence-corrected chi connectivity index (χ0v) is 14.7. The van der Waals surface area contributed by atoms with Gasteiger partial charge in [-0.3, -0.25) is 9.59 Å². The number of halogens is 1. The lowest BCUT2D eigenvalue weighted by Crippen LogP contribution is -2.34. The van der Waals surface area contributed by atoms with Gasteiger partial charge in [0.2, 0.25) is 5.91 Å². The fourth-order valence-corrected chi connectivity index (χ4v) is 2.71. The summed E-state index contributed by atoms with van der Waals surface area (Å²) in [6, 6.07) is 15.0. The summed E-state index contributed by atoms with van der Waals surface area (Å²) in [5.74, 6) is -0.164. The minimum absolute atomic E-state index is 0.0727. The van der Waals surface area contributed by atoms with Gasteiger partial charge in [-0.25, -0.2) is 4.68 Å². The number of nitrogens with zero attached hydrogens (tertiary/aromatic N) is 3. The molecule has 0 aliphatic rings. The fourth-order valence-electron chi connectivity index (χ4n) is 2.44. The lowest BCUT2D eigenvalue weighted by atomic mass is 10.2. The molecule has 2 aromatic carbocycles. The molecule has 0 radical (unpaired) electrons. The molecule has 5 nitrogen and oxygen atoms in total. The van der Waals surface area contributed by atoms with Gasteiger partial charge in [-0.05, 0) is 23.8 Å². The SMILES string of the molecule is CN(Cc1ccc(Br)cc1)C(=O)Cn1ncc2ccccc2c1=O. The van der Waals surface area contributed by atoms with Crippen molar-refractivity contribution in [2.45, 2.75) is 13.1 Å². The summed E-state index contributed by atoms with van der Waals surface area (Å²) < 4.78 is 2.20. The summed E-state index contributed by atoms with van der Waals surface area (Å²) >= 11 is 3.39. The van der Waals surface area contributed by atoms with Crippen molar-refractivity contribution in [2.75, 3.05) is 7.05 Å². The summed E-state index contributed by atoms with van der Waals surface area (Å²) in [5.41, 5.74) is 0.770. The average Bonchev–Trinajstić information content (AvgIpc) is 2.59. The minimum atomic E-state index is -0.251. The fraction of sp³-hybridized carbons (Fsp3) is 0.167. The number of aromatic nitrogens is 2. The monoisotopic (exact) mass is 385 g/mol. The number of fused-ring (bicyclic) bond motifs is 1. The molecule has 3 rings (SSSR count). The van der Waals surface area contributed by atoms with Crippen LogP contribution in [0.15, 0.2) is 64.0 Å². The van der Waals surface area contributed by atoms with Crippen molar-refractivity contribution < 1.29 is 4.79 Å². The van der Waals surface area contributed by atoms with Gasteiger partial charge < -0.3 is 4.90 Å². The topological polar surface area (TPSA) is 55.2 Å². The van der Waals surface area contributed by atoms with E-state index in [0.717, 1.165) is 15.4 Å². The lowest BCUT2D eigenvalue weighted by molar-refractivity contribution is -0.131. The zero-order valence-electron chi connectivity index (χ0n) is 13.1. The molecule has 0 aliphatic heterocycles. The first kappa shape index (κ1) is 16.4. The predicted octanol–water partition coefficient (Wildman–Crippen LogP) is 2.82. The molecule has 1 amide bonds. The Morgan fingerprint density at radius 1 is 1.17 bits per heavy atom. The van der Waals surface area contributed by atoms with Crippen LogP contribution in [-0.4, -0.2) is 27.6 Å². The highest BCUT2D eigenvalue weighted by Crippen LogP contribution is 2.12. The van der Waals surface area contributed by atoms with Gasteiger partial charge in [-0.2, -0.15) is 5.10 Å². The first-order valence-electron chi connectivity index (χ1n) is 7.48. The van der Waals surface area contributed by atoms with Gasteiger partial charge in [0.15, 0.2) is 0 Å². The van der Waals surface area contributed by atoms with Crippen LogP contribution in [0.25, 0.3) is 10.8 Å². The molecule has 3 aromatic rings. The van der Waals surface area contributed by atoms with Crippen molar-refractivity contribution in [2.24, 2.45) is 0 Å². The number of likely N-dealkylation sites (N-methyl/N-ethyl adjacent to an activating group) is 1. The van der Waals surface area contributed by atoms with E-state index >= 15 is 0 Å². The molecule has 0 N–H and O–H groups in total. The number of hydrogen-bond donors (Lipinski definition) is 0. The van der Waals surface area contributed by atoms with Crippen LogP contribution in [0.2, 0.25) is 0 Å². The molecule has 122 valence electrons. The van der Waals surface area contributed by atoms with Crippen molar-refractivity contribution in [3.63, 3.8) is 0 Å². The molecule has 1 aromatic heterocycles. The Morgan fingerprint density at radius 2 is 1.88 bits per heavy atom. The predicted molar refractivity (Wildman–Crippen MR) is 96.6 cm³/mol. The smallest absolute Gasteiger partial charge is 0.275 e. The van der Waals surface area contributed by atoms with Crippen LogP contribution in [-0.2, 0) is 17.9 Å². The third kappa shape index (κ3) is 3.54. The summed E-state index contributed by atoms with van der Waals surface area (Å²) in [4.78, 5) is 26.4. The maximum Gasteiger partial charge on any atom is 0.275 e. The number of benzene rings is 2. The second kappa shape index (κ2) is 6.97. The van der Waals surface area contributed by atoms with Gasteiger partial charge in [-0.1, -0.05) is 46.3 Å². The van der Waals surface area contributed by atoms with Crippen LogP contribution in [0.5, 0.6) is 0 Å².